The highest BCUT2D eigenvalue weighted by Crippen LogP contribution is 2.48. The molecule has 0 fully saturated rings. The zero-order valence-corrected chi connectivity index (χ0v) is 17.1. The van der Waals surface area contributed by atoms with Gasteiger partial charge >= 0.3 is 6.18 Å². The number of nitrogens with one attached hydrogen (secondary N) is 1. The van der Waals surface area contributed by atoms with Gasteiger partial charge in [-0.3, -0.25) is 4.79 Å². The average Bonchev–Trinajstić information content (AvgIpc) is 3.05. The first-order chi connectivity index (χ1) is 14.0. The van der Waals surface area contributed by atoms with Gasteiger partial charge in [0, 0.05) is 12.7 Å². The van der Waals surface area contributed by atoms with Crippen LogP contribution in [0.1, 0.15) is 30.4 Å². The van der Waals surface area contributed by atoms with Crippen molar-refractivity contribution >= 4 is 15.7 Å². The summed E-state index contributed by atoms with van der Waals surface area (Å²) in [4.78, 5) is 12.4. The Balaban J connectivity index is 1.56. The molecule has 1 aliphatic carbocycles. The van der Waals surface area contributed by atoms with Crippen LogP contribution < -0.4 is 10.1 Å². The van der Waals surface area contributed by atoms with Crippen molar-refractivity contribution in [2.45, 2.75) is 42.3 Å². The van der Waals surface area contributed by atoms with Gasteiger partial charge in [-0.15, -0.1) is 0 Å². The predicted octanol–water partition coefficient (Wildman–Crippen LogP) is 3.77. The second-order valence-corrected chi connectivity index (χ2v) is 9.32. The van der Waals surface area contributed by atoms with E-state index in [9.17, 15) is 26.4 Å². The van der Waals surface area contributed by atoms with Crippen LogP contribution in [-0.2, 0) is 26.6 Å². The molecule has 0 aliphatic heterocycles. The quantitative estimate of drug-likeness (QED) is 0.664. The maximum Gasteiger partial charge on any atom is 0.415 e. The second kappa shape index (κ2) is 8.29. The van der Waals surface area contributed by atoms with Crippen molar-refractivity contribution in [1.82, 2.24) is 5.32 Å². The standard InChI is InChI=1S/C21H22F3NO4S/c1-30(27,28)17-10-8-16(9-11-17)29-14-4-7-19(26)25-20(21(22,23)24)13-12-15-5-2-3-6-18(15)20/h2-3,5-6,8-11H,4,7,12-14H2,1H3,(H,25,26). The number of amides is 1. The van der Waals surface area contributed by atoms with Gasteiger partial charge in [0.25, 0.3) is 0 Å². The van der Waals surface area contributed by atoms with Crippen LogP contribution >= 0.6 is 0 Å². The number of hydrogen-bond acceptors (Lipinski definition) is 4. The van der Waals surface area contributed by atoms with Crippen molar-refractivity contribution in [3.8, 4) is 5.75 Å². The summed E-state index contributed by atoms with van der Waals surface area (Å²) >= 11 is 0. The van der Waals surface area contributed by atoms with Crippen molar-refractivity contribution in [2.75, 3.05) is 12.9 Å². The van der Waals surface area contributed by atoms with Gasteiger partial charge in [0.05, 0.1) is 11.5 Å². The third-order valence-electron chi connectivity index (χ3n) is 5.15. The minimum atomic E-state index is -4.60. The number of carbonyl (C=O) groups is 1. The van der Waals surface area contributed by atoms with Crippen LogP contribution in [0.3, 0.4) is 0 Å². The van der Waals surface area contributed by atoms with E-state index >= 15 is 0 Å². The molecular weight excluding hydrogens is 419 g/mol. The van der Waals surface area contributed by atoms with Crippen molar-refractivity contribution in [2.24, 2.45) is 0 Å². The number of halogens is 3. The summed E-state index contributed by atoms with van der Waals surface area (Å²) < 4.78 is 70.0. The smallest absolute Gasteiger partial charge is 0.415 e. The SMILES string of the molecule is CS(=O)(=O)c1ccc(OCCCC(=O)NC2(C(F)(F)F)CCc3ccccc32)cc1. The molecule has 0 heterocycles. The Hall–Kier alpha value is -2.55. The van der Waals surface area contributed by atoms with E-state index in [0.29, 0.717) is 11.3 Å². The lowest BCUT2D eigenvalue weighted by atomic mass is 9.90. The van der Waals surface area contributed by atoms with Crippen LogP contribution in [0.15, 0.2) is 53.4 Å². The number of benzene rings is 2. The minimum absolute atomic E-state index is 0.105. The molecule has 0 aromatic heterocycles. The summed E-state index contributed by atoms with van der Waals surface area (Å²) in [6.07, 6.45) is -3.38. The molecular formula is C21H22F3NO4S. The monoisotopic (exact) mass is 441 g/mol. The van der Waals surface area contributed by atoms with Crippen LogP contribution in [0, 0.1) is 0 Å². The highest BCUT2D eigenvalue weighted by molar-refractivity contribution is 7.90. The predicted molar refractivity (Wildman–Crippen MR) is 105 cm³/mol. The summed E-state index contributed by atoms with van der Waals surface area (Å²) in [6, 6.07) is 12.1. The van der Waals surface area contributed by atoms with E-state index < -0.39 is 27.5 Å². The molecule has 0 bridgehead atoms. The van der Waals surface area contributed by atoms with Gasteiger partial charge in [-0.2, -0.15) is 13.2 Å². The van der Waals surface area contributed by atoms with Crippen LogP contribution in [0.4, 0.5) is 13.2 Å². The number of ether oxygens (including phenoxy) is 1. The van der Waals surface area contributed by atoms with Gasteiger partial charge in [0.1, 0.15) is 5.75 Å². The van der Waals surface area contributed by atoms with Crippen molar-refractivity contribution in [1.29, 1.82) is 0 Å². The summed E-state index contributed by atoms with van der Waals surface area (Å²) in [5, 5.41) is 2.23. The van der Waals surface area contributed by atoms with Crippen LogP contribution in [-0.4, -0.2) is 33.4 Å². The van der Waals surface area contributed by atoms with Crippen molar-refractivity contribution < 1.29 is 31.1 Å². The molecule has 2 aromatic carbocycles. The van der Waals surface area contributed by atoms with E-state index in [1.165, 1.54) is 30.3 Å². The first-order valence-corrected chi connectivity index (χ1v) is 11.3. The molecule has 162 valence electrons. The normalized spacial score (nSPS) is 18.7. The molecule has 1 atom stereocenters. The Morgan fingerprint density at radius 3 is 2.43 bits per heavy atom. The first kappa shape index (κ1) is 22.1. The minimum Gasteiger partial charge on any atom is -0.494 e. The Bertz CT molecular complexity index is 1020. The van der Waals surface area contributed by atoms with Gasteiger partial charge in [0.2, 0.25) is 5.91 Å². The Morgan fingerprint density at radius 1 is 1.13 bits per heavy atom. The number of fused-ring (bicyclic) bond motifs is 1. The number of aryl methyl sites for hydroxylation is 1. The summed E-state index contributed by atoms with van der Waals surface area (Å²) in [7, 11) is -3.31. The van der Waals surface area contributed by atoms with Crippen molar-refractivity contribution in [3.63, 3.8) is 0 Å². The summed E-state index contributed by atoms with van der Waals surface area (Å²) in [5.41, 5.74) is -1.66. The van der Waals surface area contributed by atoms with Gasteiger partial charge in [0.15, 0.2) is 15.4 Å². The maximum atomic E-state index is 13.9. The van der Waals surface area contributed by atoms with E-state index in [-0.39, 0.29) is 42.7 Å². The van der Waals surface area contributed by atoms with E-state index in [0.717, 1.165) is 6.26 Å². The molecule has 0 radical (unpaired) electrons. The van der Waals surface area contributed by atoms with E-state index in [2.05, 4.69) is 5.32 Å². The molecule has 3 rings (SSSR count). The van der Waals surface area contributed by atoms with Crippen LogP contribution in [0.25, 0.3) is 0 Å². The van der Waals surface area contributed by atoms with Crippen LogP contribution in [0.2, 0.25) is 0 Å². The van der Waals surface area contributed by atoms with Gasteiger partial charge in [-0.05, 0) is 54.7 Å². The zero-order chi connectivity index (χ0) is 22.0. The second-order valence-electron chi connectivity index (χ2n) is 7.30. The molecule has 0 saturated heterocycles. The van der Waals surface area contributed by atoms with Gasteiger partial charge in [-0.1, -0.05) is 24.3 Å². The third-order valence-corrected chi connectivity index (χ3v) is 6.28. The lowest BCUT2D eigenvalue weighted by Crippen LogP contribution is -2.54. The van der Waals surface area contributed by atoms with Crippen LogP contribution in [0.5, 0.6) is 5.75 Å². The molecule has 0 spiro atoms. The third kappa shape index (κ3) is 4.61. The number of hydrogen-bond donors (Lipinski definition) is 1. The maximum absolute atomic E-state index is 13.9. The first-order valence-electron chi connectivity index (χ1n) is 9.42. The summed E-state index contributed by atoms with van der Waals surface area (Å²) in [6.45, 7) is 0.112. The zero-order valence-electron chi connectivity index (χ0n) is 16.3. The fourth-order valence-corrected chi connectivity index (χ4v) is 4.24. The molecule has 9 heteroatoms. The van der Waals surface area contributed by atoms with Gasteiger partial charge < -0.3 is 10.1 Å². The Kier molecular flexibility index (Phi) is 6.12. The Labute approximate surface area is 173 Å². The molecule has 1 amide bonds. The highest BCUT2D eigenvalue weighted by atomic mass is 32.2. The molecule has 5 nitrogen and oxygen atoms in total. The molecule has 1 aliphatic rings. The summed E-state index contributed by atoms with van der Waals surface area (Å²) in [5.74, 6) is -0.278. The number of rotatable bonds is 7. The fourth-order valence-electron chi connectivity index (χ4n) is 3.61. The number of alkyl halides is 3. The molecule has 2 aromatic rings. The van der Waals surface area contributed by atoms with E-state index in [4.69, 9.17) is 4.74 Å². The average molecular weight is 441 g/mol. The van der Waals surface area contributed by atoms with E-state index in [1.54, 1.807) is 18.2 Å². The highest BCUT2D eigenvalue weighted by Gasteiger charge is 2.59. The largest absolute Gasteiger partial charge is 0.494 e. The molecule has 30 heavy (non-hydrogen) atoms. The lowest BCUT2D eigenvalue weighted by Gasteiger charge is -2.34. The van der Waals surface area contributed by atoms with E-state index in [1.807, 2.05) is 0 Å². The molecule has 1 unspecified atom stereocenters. The van der Waals surface area contributed by atoms with Gasteiger partial charge in [-0.25, -0.2) is 8.42 Å². The fraction of sp³-hybridized carbons (Fsp3) is 0.381. The lowest BCUT2D eigenvalue weighted by molar-refractivity contribution is -0.202. The Morgan fingerprint density at radius 2 is 1.80 bits per heavy atom. The number of sulfone groups is 1. The topological polar surface area (TPSA) is 72.5 Å². The molecule has 0 saturated carbocycles. The van der Waals surface area contributed by atoms with Crippen molar-refractivity contribution in [3.05, 3.63) is 59.7 Å². The number of carbonyl (C=O) groups excluding carboxylic acids is 1. The molecule has 1 N–H and O–H groups in total.